The number of sulfone groups is 1. The third kappa shape index (κ3) is 3.93. The molecule has 0 atom stereocenters. The van der Waals surface area contributed by atoms with Gasteiger partial charge in [-0.25, -0.2) is 8.42 Å². The normalized spacial score (nSPS) is 28.3. The van der Waals surface area contributed by atoms with Crippen molar-refractivity contribution in [2.24, 2.45) is 0 Å². The van der Waals surface area contributed by atoms with Gasteiger partial charge in [0.05, 0.1) is 11.5 Å². The van der Waals surface area contributed by atoms with Gasteiger partial charge >= 0.3 is 0 Å². The first-order valence-electron chi connectivity index (χ1n) is 6.78. The summed E-state index contributed by atoms with van der Waals surface area (Å²) in [6.45, 7) is 5.71. The van der Waals surface area contributed by atoms with Gasteiger partial charge in [0.2, 0.25) is 0 Å². The maximum absolute atomic E-state index is 11.3. The summed E-state index contributed by atoms with van der Waals surface area (Å²) in [5, 5.41) is 3.65. The standard InChI is InChI=1S/C12H24N2O2S/c1-2-14-7-3-11(4-8-14)13-12-5-9-17(15,16)10-6-12/h11-13H,2-10H2,1H3. The van der Waals surface area contributed by atoms with Crippen molar-refractivity contribution < 1.29 is 8.42 Å². The smallest absolute Gasteiger partial charge is 0.150 e. The molecule has 0 aliphatic carbocycles. The maximum Gasteiger partial charge on any atom is 0.150 e. The quantitative estimate of drug-likeness (QED) is 0.809. The van der Waals surface area contributed by atoms with Crippen LogP contribution in [0.15, 0.2) is 0 Å². The summed E-state index contributed by atoms with van der Waals surface area (Å²) in [4.78, 5) is 2.48. The van der Waals surface area contributed by atoms with Gasteiger partial charge in [-0.2, -0.15) is 0 Å². The van der Waals surface area contributed by atoms with Crippen LogP contribution in [0, 0.1) is 0 Å². The predicted octanol–water partition coefficient (Wildman–Crippen LogP) is 0.638. The Morgan fingerprint density at radius 1 is 1.06 bits per heavy atom. The minimum atomic E-state index is -2.72. The summed E-state index contributed by atoms with van der Waals surface area (Å²) >= 11 is 0. The Morgan fingerprint density at radius 3 is 2.12 bits per heavy atom. The lowest BCUT2D eigenvalue weighted by atomic mass is 10.0. The van der Waals surface area contributed by atoms with Crippen LogP contribution in [0.2, 0.25) is 0 Å². The van der Waals surface area contributed by atoms with Crippen molar-refractivity contribution in [3.8, 4) is 0 Å². The third-order valence-corrected chi connectivity index (χ3v) is 5.78. The number of nitrogens with zero attached hydrogens (tertiary/aromatic N) is 1. The van der Waals surface area contributed by atoms with Gasteiger partial charge in [-0.05, 0) is 45.3 Å². The van der Waals surface area contributed by atoms with Gasteiger partial charge in [0.15, 0.2) is 0 Å². The molecule has 2 aliphatic heterocycles. The first-order valence-corrected chi connectivity index (χ1v) is 8.60. The molecule has 0 spiro atoms. The van der Waals surface area contributed by atoms with Crippen molar-refractivity contribution in [1.82, 2.24) is 10.2 Å². The summed E-state index contributed by atoms with van der Waals surface area (Å²) in [6.07, 6.45) is 4.01. The molecule has 0 aromatic heterocycles. The third-order valence-electron chi connectivity index (χ3n) is 4.06. The second-order valence-electron chi connectivity index (χ2n) is 5.30. The Bertz CT molecular complexity index is 320. The fraction of sp³-hybridized carbons (Fsp3) is 1.00. The van der Waals surface area contributed by atoms with Crippen LogP contribution in [0.5, 0.6) is 0 Å². The van der Waals surface area contributed by atoms with Crippen molar-refractivity contribution in [2.45, 2.75) is 44.7 Å². The second kappa shape index (κ2) is 5.67. The lowest BCUT2D eigenvalue weighted by Gasteiger charge is -2.35. The lowest BCUT2D eigenvalue weighted by molar-refractivity contribution is 0.196. The monoisotopic (exact) mass is 260 g/mol. The highest BCUT2D eigenvalue weighted by Gasteiger charge is 2.26. The van der Waals surface area contributed by atoms with Crippen LogP contribution in [0.25, 0.3) is 0 Å². The minimum absolute atomic E-state index is 0.373. The molecule has 4 nitrogen and oxygen atoms in total. The molecule has 1 N–H and O–H groups in total. The van der Waals surface area contributed by atoms with E-state index in [4.69, 9.17) is 0 Å². The van der Waals surface area contributed by atoms with Gasteiger partial charge in [0, 0.05) is 12.1 Å². The zero-order valence-electron chi connectivity index (χ0n) is 10.7. The first kappa shape index (κ1) is 13.3. The SMILES string of the molecule is CCN1CCC(NC2CCS(=O)(=O)CC2)CC1. The second-order valence-corrected chi connectivity index (χ2v) is 7.60. The van der Waals surface area contributed by atoms with Crippen LogP contribution in [-0.2, 0) is 9.84 Å². The summed E-state index contributed by atoms with van der Waals surface area (Å²) in [5.41, 5.74) is 0. The predicted molar refractivity (Wildman–Crippen MR) is 69.9 cm³/mol. The maximum atomic E-state index is 11.3. The fourth-order valence-corrected chi connectivity index (χ4v) is 4.30. The molecular weight excluding hydrogens is 236 g/mol. The van der Waals surface area contributed by atoms with E-state index < -0.39 is 9.84 Å². The van der Waals surface area contributed by atoms with E-state index in [0.29, 0.717) is 23.6 Å². The highest BCUT2D eigenvalue weighted by atomic mass is 32.2. The molecule has 0 amide bonds. The van der Waals surface area contributed by atoms with Crippen molar-refractivity contribution >= 4 is 9.84 Å². The highest BCUT2D eigenvalue weighted by Crippen LogP contribution is 2.16. The number of rotatable bonds is 3. The number of hydrogen-bond donors (Lipinski definition) is 1. The molecule has 0 aromatic rings. The van der Waals surface area contributed by atoms with Crippen LogP contribution in [0.4, 0.5) is 0 Å². The number of nitrogens with one attached hydrogen (secondary N) is 1. The van der Waals surface area contributed by atoms with Gasteiger partial charge in [-0.15, -0.1) is 0 Å². The molecular formula is C12H24N2O2S. The van der Waals surface area contributed by atoms with E-state index in [2.05, 4.69) is 17.1 Å². The van der Waals surface area contributed by atoms with Crippen molar-refractivity contribution in [3.63, 3.8) is 0 Å². The molecule has 2 heterocycles. The molecule has 17 heavy (non-hydrogen) atoms. The lowest BCUT2D eigenvalue weighted by Crippen LogP contribution is -2.48. The fourth-order valence-electron chi connectivity index (χ4n) is 2.81. The van der Waals surface area contributed by atoms with E-state index in [1.165, 1.54) is 25.9 Å². The zero-order chi connectivity index (χ0) is 12.3. The van der Waals surface area contributed by atoms with E-state index in [9.17, 15) is 8.42 Å². The Labute approximate surface area is 105 Å². The Kier molecular flexibility index (Phi) is 4.44. The van der Waals surface area contributed by atoms with Crippen molar-refractivity contribution in [2.75, 3.05) is 31.1 Å². The van der Waals surface area contributed by atoms with Gasteiger partial charge in [0.1, 0.15) is 9.84 Å². The highest BCUT2D eigenvalue weighted by molar-refractivity contribution is 7.91. The molecule has 0 aromatic carbocycles. The molecule has 2 fully saturated rings. The number of hydrogen-bond acceptors (Lipinski definition) is 4. The molecule has 5 heteroatoms. The molecule has 2 saturated heterocycles. The molecule has 0 unspecified atom stereocenters. The van der Waals surface area contributed by atoms with E-state index in [1.54, 1.807) is 0 Å². The summed E-state index contributed by atoms with van der Waals surface area (Å²) in [7, 11) is -2.72. The van der Waals surface area contributed by atoms with Gasteiger partial charge in [0.25, 0.3) is 0 Å². The summed E-state index contributed by atoms with van der Waals surface area (Å²) in [6, 6.07) is 1.03. The molecule has 2 aliphatic rings. The number of piperidine rings is 1. The molecule has 0 radical (unpaired) electrons. The molecule has 0 saturated carbocycles. The minimum Gasteiger partial charge on any atom is -0.311 e. The zero-order valence-corrected chi connectivity index (χ0v) is 11.5. The van der Waals surface area contributed by atoms with Crippen LogP contribution in [-0.4, -0.2) is 56.5 Å². The Morgan fingerprint density at radius 2 is 1.59 bits per heavy atom. The van der Waals surface area contributed by atoms with Gasteiger partial charge in [-0.1, -0.05) is 6.92 Å². The summed E-state index contributed by atoms with van der Waals surface area (Å²) < 4.78 is 22.7. The molecule has 0 bridgehead atoms. The van der Waals surface area contributed by atoms with Crippen LogP contribution in [0.3, 0.4) is 0 Å². The van der Waals surface area contributed by atoms with Crippen LogP contribution < -0.4 is 5.32 Å². The van der Waals surface area contributed by atoms with E-state index in [0.717, 1.165) is 19.4 Å². The average Bonchev–Trinajstić information content (AvgIpc) is 2.33. The van der Waals surface area contributed by atoms with Gasteiger partial charge in [-0.3, -0.25) is 0 Å². The van der Waals surface area contributed by atoms with E-state index in [-0.39, 0.29) is 0 Å². The topological polar surface area (TPSA) is 49.4 Å². The van der Waals surface area contributed by atoms with Crippen molar-refractivity contribution in [3.05, 3.63) is 0 Å². The van der Waals surface area contributed by atoms with E-state index in [1.807, 2.05) is 0 Å². The number of likely N-dealkylation sites (tertiary alicyclic amines) is 1. The average molecular weight is 260 g/mol. The first-order chi connectivity index (χ1) is 8.09. The summed E-state index contributed by atoms with van der Waals surface area (Å²) in [5.74, 6) is 0.747. The van der Waals surface area contributed by atoms with Crippen LogP contribution in [0.1, 0.15) is 32.6 Å². The molecule has 2 rings (SSSR count). The van der Waals surface area contributed by atoms with Crippen molar-refractivity contribution in [1.29, 1.82) is 0 Å². The molecule has 100 valence electrons. The Hall–Kier alpha value is -0.130. The Balaban J connectivity index is 1.72. The van der Waals surface area contributed by atoms with Crippen LogP contribution >= 0.6 is 0 Å². The van der Waals surface area contributed by atoms with Gasteiger partial charge < -0.3 is 10.2 Å². The van der Waals surface area contributed by atoms with E-state index >= 15 is 0 Å². The largest absolute Gasteiger partial charge is 0.311 e.